The summed E-state index contributed by atoms with van der Waals surface area (Å²) >= 11 is 0. The molecule has 1 aliphatic heterocycles. The second-order valence-corrected chi connectivity index (χ2v) is 4.07. The SMILES string of the molecule is CCCCOC1C(=O)Oc2cc(O)ccc2C1=O. The highest BCUT2D eigenvalue weighted by Crippen LogP contribution is 2.29. The average Bonchev–Trinajstić information content (AvgIpc) is 2.33. The van der Waals surface area contributed by atoms with Crippen LogP contribution in [0.3, 0.4) is 0 Å². The smallest absolute Gasteiger partial charge is 0.348 e. The lowest BCUT2D eigenvalue weighted by molar-refractivity contribution is -0.145. The Morgan fingerprint density at radius 3 is 2.89 bits per heavy atom. The van der Waals surface area contributed by atoms with E-state index in [2.05, 4.69) is 0 Å². The van der Waals surface area contributed by atoms with E-state index in [1.165, 1.54) is 18.2 Å². The van der Waals surface area contributed by atoms with Crippen molar-refractivity contribution >= 4 is 11.8 Å². The van der Waals surface area contributed by atoms with Gasteiger partial charge in [-0.1, -0.05) is 13.3 Å². The zero-order valence-corrected chi connectivity index (χ0v) is 10.0. The minimum absolute atomic E-state index is 0.0558. The molecule has 1 aromatic rings. The summed E-state index contributed by atoms with van der Waals surface area (Å²) in [5.41, 5.74) is 0.258. The van der Waals surface area contributed by atoms with E-state index < -0.39 is 17.9 Å². The van der Waals surface area contributed by atoms with E-state index in [0.29, 0.717) is 6.61 Å². The summed E-state index contributed by atoms with van der Waals surface area (Å²) in [6.07, 6.45) is 0.508. The van der Waals surface area contributed by atoms with Gasteiger partial charge >= 0.3 is 5.97 Å². The number of hydrogen-bond acceptors (Lipinski definition) is 5. The Labute approximate surface area is 104 Å². The third-order valence-electron chi connectivity index (χ3n) is 2.68. The zero-order chi connectivity index (χ0) is 13.1. The summed E-state index contributed by atoms with van der Waals surface area (Å²) in [5.74, 6) is -1.12. The number of ether oxygens (including phenoxy) is 2. The van der Waals surface area contributed by atoms with Crippen molar-refractivity contribution in [3.05, 3.63) is 23.8 Å². The molecule has 0 fully saturated rings. The number of hydrogen-bond donors (Lipinski definition) is 1. The number of benzene rings is 1. The summed E-state index contributed by atoms with van der Waals surface area (Å²) in [7, 11) is 0. The summed E-state index contributed by atoms with van der Waals surface area (Å²) in [4.78, 5) is 23.6. The molecular formula is C13H14O5. The molecule has 96 valence electrons. The van der Waals surface area contributed by atoms with E-state index in [9.17, 15) is 14.7 Å². The van der Waals surface area contributed by atoms with Gasteiger partial charge in [-0.15, -0.1) is 0 Å². The predicted octanol–water partition coefficient (Wildman–Crippen LogP) is 1.68. The molecule has 0 radical (unpaired) electrons. The van der Waals surface area contributed by atoms with E-state index in [1.54, 1.807) is 0 Å². The van der Waals surface area contributed by atoms with Gasteiger partial charge in [0.2, 0.25) is 11.9 Å². The van der Waals surface area contributed by atoms with Crippen LogP contribution in [0.2, 0.25) is 0 Å². The number of carbonyl (C=O) groups is 2. The number of carbonyl (C=O) groups excluding carboxylic acids is 2. The number of Topliss-reactive ketones (excluding diaryl/α,β-unsaturated/α-hetero) is 1. The number of fused-ring (bicyclic) bond motifs is 1. The first-order chi connectivity index (χ1) is 8.63. The summed E-state index contributed by atoms with van der Waals surface area (Å²) in [6.45, 7) is 2.33. The largest absolute Gasteiger partial charge is 0.508 e. The molecule has 0 aromatic heterocycles. The molecule has 0 saturated carbocycles. The van der Waals surface area contributed by atoms with Gasteiger partial charge in [0.05, 0.1) is 5.56 Å². The lowest BCUT2D eigenvalue weighted by Crippen LogP contribution is -2.40. The van der Waals surface area contributed by atoms with E-state index in [4.69, 9.17) is 9.47 Å². The van der Waals surface area contributed by atoms with Gasteiger partial charge in [0, 0.05) is 12.7 Å². The maximum absolute atomic E-state index is 12.0. The van der Waals surface area contributed by atoms with Crippen molar-refractivity contribution in [3.63, 3.8) is 0 Å². The summed E-state index contributed by atoms with van der Waals surface area (Å²) in [5, 5.41) is 9.27. The monoisotopic (exact) mass is 250 g/mol. The molecule has 1 atom stereocenters. The molecule has 0 bridgehead atoms. The molecule has 1 unspecified atom stereocenters. The van der Waals surface area contributed by atoms with Gasteiger partial charge in [-0.05, 0) is 18.6 Å². The molecule has 2 rings (SSSR count). The van der Waals surface area contributed by atoms with Crippen molar-refractivity contribution in [2.24, 2.45) is 0 Å². The fourth-order valence-electron chi connectivity index (χ4n) is 1.70. The first-order valence-electron chi connectivity index (χ1n) is 5.84. The molecule has 0 amide bonds. The van der Waals surface area contributed by atoms with Gasteiger partial charge < -0.3 is 14.6 Å². The van der Waals surface area contributed by atoms with Crippen molar-refractivity contribution < 1.29 is 24.2 Å². The van der Waals surface area contributed by atoms with Crippen LogP contribution in [0.15, 0.2) is 18.2 Å². The number of unbranched alkanes of at least 4 members (excludes halogenated alkanes) is 1. The fourth-order valence-corrected chi connectivity index (χ4v) is 1.70. The van der Waals surface area contributed by atoms with Crippen LogP contribution in [-0.2, 0) is 9.53 Å². The van der Waals surface area contributed by atoms with E-state index in [-0.39, 0.29) is 17.1 Å². The molecule has 0 aliphatic carbocycles. The van der Waals surface area contributed by atoms with Gasteiger partial charge in [-0.2, -0.15) is 0 Å². The Balaban J connectivity index is 2.20. The molecule has 0 saturated heterocycles. The van der Waals surface area contributed by atoms with Crippen LogP contribution in [-0.4, -0.2) is 29.6 Å². The van der Waals surface area contributed by atoms with E-state index in [1.807, 2.05) is 6.92 Å². The predicted molar refractivity (Wildman–Crippen MR) is 62.7 cm³/mol. The lowest BCUT2D eigenvalue weighted by atomic mass is 10.0. The fraction of sp³-hybridized carbons (Fsp3) is 0.385. The molecule has 5 heteroatoms. The third-order valence-corrected chi connectivity index (χ3v) is 2.68. The minimum atomic E-state index is -1.19. The molecular weight excluding hydrogens is 236 g/mol. The Morgan fingerprint density at radius 2 is 2.17 bits per heavy atom. The Morgan fingerprint density at radius 1 is 1.39 bits per heavy atom. The van der Waals surface area contributed by atoms with Crippen LogP contribution in [0.25, 0.3) is 0 Å². The summed E-state index contributed by atoms with van der Waals surface area (Å²) in [6, 6.07) is 4.04. The van der Waals surface area contributed by atoms with Gasteiger partial charge in [-0.25, -0.2) is 4.79 Å². The van der Waals surface area contributed by atoms with Crippen LogP contribution < -0.4 is 4.74 Å². The van der Waals surface area contributed by atoms with Crippen molar-refractivity contribution in [3.8, 4) is 11.5 Å². The van der Waals surface area contributed by atoms with Gasteiger partial charge in [0.1, 0.15) is 11.5 Å². The number of phenolic OH excluding ortho intramolecular Hbond substituents is 1. The van der Waals surface area contributed by atoms with Crippen molar-refractivity contribution in [2.75, 3.05) is 6.61 Å². The molecule has 1 N–H and O–H groups in total. The number of esters is 1. The second kappa shape index (κ2) is 5.18. The average molecular weight is 250 g/mol. The van der Waals surface area contributed by atoms with E-state index in [0.717, 1.165) is 12.8 Å². The highest BCUT2D eigenvalue weighted by molar-refractivity contribution is 6.15. The highest BCUT2D eigenvalue weighted by Gasteiger charge is 2.37. The summed E-state index contributed by atoms with van der Waals surface area (Å²) < 4.78 is 10.2. The highest BCUT2D eigenvalue weighted by atomic mass is 16.6. The molecule has 1 heterocycles. The van der Waals surface area contributed by atoms with Crippen molar-refractivity contribution in [2.45, 2.75) is 25.9 Å². The molecule has 1 aromatic carbocycles. The number of rotatable bonds is 4. The van der Waals surface area contributed by atoms with Crippen LogP contribution in [0.4, 0.5) is 0 Å². The van der Waals surface area contributed by atoms with E-state index >= 15 is 0 Å². The van der Waals surface area contributed by atoms with Crippen molar-refractivity contribution in [1.29, 1.82) is 0 Å². The molecule has 0 spiro atoms. The first-order valence-corrected chi connectivity index (χ1v) is 5.84. The van der Waals surface area contributed by atoms with Gasteiger partial charge in [0.25, 0.3) is 0 Å². The van der Waals surface area contributed by atoms with Gasteiger partial charge in [0.15, 0.2) is 0 Å². The topological polar surface area (TPSA) is 72.8 Å². The lowest BCUT2D eigenvalue weighted by Gasteiger charge is -2.22. The molecule has 1 aliphatic rings. The molecule has 5 nitrogen and oxygen atoms in total. The normalized spacial score (nSPS) is 18.4. The Kier molecular flexibility index (Phi) is 3.62. The number of aromatic hydroxyl groups is 1. The number of phenols is 1. The Bertz CT molecular complexity index is 480. The maximum atomic E-state index is 12.0. The second-order valence-electron chi connectivity index (χ2n) is 4.07. The van der Waals surface area contributed by atoms with Gasteiger partial charge in [-0.3, -0.25) is 4.79 Å². The maximum Gasteiger partial charge on any atom is 0.348 e. The quantitative estimate of drug-likeness (QED) is 0.381. The first kappa shape index (κ1) is 12.6. The van der Waals surface area contributed by atoms with Crippen LogP contribution in [0.5, 0.6) is 11.5 Å². The number of ketones is 1. The Hall–Kier alpha value is -1.88. The van der Waals surface area contributed by atoms with Crippen LogP contribution >= 0.6 is 0 Å². The zero-order valence-electron chi connectivity index (χ0n) is 10.0. The standard InChI is InChI=1S/C13H14O5/c1-2-3-6-17-12-11(15)9-5-4-8(14)7-10(9)18-13(12)16/h4-5,7,12,14H,2-3,6H2,1H3. The van der Waals surface area contributed by atoms with Crippen molar-refractivity contribution in [1.82, 2.24) is 0 Å². The van der Waals surface area contributed by atoms with Crippen LogP contribution in [0, 0.1) is 0 Å². The van der Waals surface area contributed by atoms with Crippen LogP contribution in [0.1, 0.15) is 30.1 Å². The minimum Gasteiger partial charge on any atom is -0.508 e. The third kappa shape index (κ3) is 2.36. The molecule has 18 heavy (non-hydrogen) atoms.